The van der Waals surface area contributed by atoms with Crippen LogP contribution in [-0.2, 0) is 18.4 Å². The number of amides is 1. The first kappa shape index (κ1) is 63.5. The van der Waals surface area contributed by atoms with Gasteiger partial charge in [0.25, 0.3) is 0 Å². The lowest BCUT2D eigenvalue weighted by Crippen LogP contribution is -2.46. The van der Waals surface area contributed by atoms with Crippen molar-refractivity contribution in [1.82, 2.24) is 5.32 Å². The number of nitrogens with zero attached hydrogens (tertiary/aromatic N) is 1. The average Bonchev–Trinajstić information content (AvgIpc) is 3.25. The standard InChI is InChI=1S/C55H113N2O6P/c1-6-8-10-12-14-16-18-20-21-22-23-24-25-26-27-28-29-30-31-32-33-34-35-36-37-39-41-43-45-47-49-55(59)56-53(52-63-64(60,61)62-51-50-57(3,4)5)54(58)48-46-44-42-40-38-19-17-15-13-11-9-7-2/h53-54,58H,6-52H2,1-5H3,(H-,56,59,60,61)/p+1. The van der Waals surface area contributed by atoms with E-state index in [4.69, 9.17) is 9.05 Å². The molecule has 64 heavy (non-hydrogen) atoms. The zero-order valence-electron chi connectivity index (χ0n) is 43.8. The molecule has 9 heteroatoms. The van der Waals surface area contributed by atoms with Crippen LogP contribution in [-0.4, -0.2) is 73.4 Å². The summed E-state index contributed by atoms with van der Waals surface area (Å²) in [4.78, 5) is 23.3. The van der Waals surface area contributed by atoms with Gasteiger partial charge in [0.1, 0.15) is 13.2 Å². The Hall–Kier alpha value is -0.500. The quantitative estimate of drug-likeness (QED) is 0.0319. The topological polar surface area (TPSA) is 105 Å². The Morgan fingerprint density at radius 1 is 0.469 bits per heavy atom. The van der Waals surface area contributed by atoms with Gasteiger partial charge >= 0.3 is 7.82 Å². The normalized spacial score (nSPS) is 13.9. The number of carbonyl (C=O) groups is 1. The maximum absolute atomic E-state index is 13.0. The molecule has 0 bridgehead atoms. The van der Waals surface area contributed by atoms with Gasteiger partial charge in [0.05, 0.1) is 39.9 Å². The summed E-state index contributed by atoms with van der Waals surface area (Å²) in [5, 5.41) is 14.0. The molecule has 0 aliphatic carbocycles. The Labute approximate surface area is 399 Å². The lowest BCUT2D eigenvalue weighted by atomic mass is 10.0. The van der Waals surface area contributed by atoms with Crippen molar-refractivity contribution in [2.24, 2.45) is 0 Å². The number of hydrogen-bond acceptors (Lipinski definition) is 5. The maximum atomic E-state index is 13.0. The van der Waals surface area contributed by atoms with E-state index >= 15 is 0 Å². The van der Waals surface area contributed by atoms with Crippen molar-refractivity contribution in [2.75, 3.05) is 40.9 Å². The molecule has 0 heterocycles. The molecule has 3 atom stereocenters. The van der Waals surface area contributed by atoms with Gasteiger partial charge in [0, 0.05) is 6.42 Å². The van der Waals surface area contributed by atoms with Crippen LogP contribution in [0.5, 0.6) is 0 Å². The highest BCUT2D eigenvalue weighted by Gasteiger charge is 2.28. The highest BCUT2D eigenvalue weighted by atomic mass is 31.2. The van der Waals surface area contributed by atoms with Crippen LogP contribution in [0.2, 0.25) is 0 Å². The van der Waals surface area contributed by atoms with Gasteiger partial charge in [-0.1, -0.05) is 277 Å². The molecule has 0 saturated carbocycles. The summed E-state index contributed by atoms with van der Waals surface area (Å²) >= 11 is 0. The van der Waals surface area contributed by atoms with E-state index in [9.17, 15) is 19.4 Å². The van der Waals surface area contributed by atoms with Crippen molar-refractivity contribution < 1.29 is 32.9 Å². The van der Waals surface area contributed by atoms with Gasteiger partial charge in [0.15, 0.2) is 0 Å². The highest BCUT2D eigenvalue weighted by Crippen LogP contribution is 2.43. The first-order chi connectivity index (χ1) is 31.0. The number of aliphatic hydroxyl groups is 1. The number of rotatable bonds is 53. The molecule has 3 unspecified atom stereocenters. The molecule has 384 valence electrons. The van der Waals surface area contributed by atoms with Crippen LogP contribution in [0.3, 0.4) is 0 Å². The van der Waals surface area contributed by atoms with Crippen LogP contribution in [0.25, 0.3) is 0 Å². The Balaban J connectivity index is 3.96. The molecule has 0 saturated heterocycles. The van der Waals surface area contributed by atoms with E-state index in [1.165, 1.54) is 231 Å². The van der Waals surface area contributed by atoms with Crippen LogP contribution in [0.4, 0.5) is 0 Å². The first-order valence-corrected chi connectivity index (χ1v) is 29.9. The number of nitrogens with one attached hydrogen (secondary N) is 1. The van der Waals surface area contributed by atoms with E-state index in [1.54, 1.807) is 0 Å². The summed E-state index contributed by atoms with van der Waals surface area (Å²) in [5.74, 6) is -0.138. The van der Waals surface area contributed by atoms with Crippen LogP contribution in [0.15, 0.2) is 0 Å². The summed E-state index contributed by atoms with van der Waals surface area (Å²) in [7, 11) is 1.63. The zero-order valence-corrected chi connectivity index (χ0v) is 44.7. The van der Waals surface area contributed by atoms with Gasteiger partial charge < -0.3 is 19.8 Å². The molecule has 1 amide bonds. The number of quaternary nitrogens is 1. The third-order valence-electron chi connectivity index (χ3n) is 13.4. The SMILES string of the molecule is CCCCCCCCCCCCCCCCCCCCCCCCCCCCCCCCC(=O)NC(COP(=O)(O)OCC[N+](C)(C)C)C(O)CCCCCCCCCCCCCC. The minimum absolute atomic E-state index is 0.0788. The van der Waals surface area contributed by atoms with Crippen LogP contribution in [0, 0.1) is 0 Å². The van der Waals surface area contributed by atoms with Gasteiger partial charge in [0.2, 0.25) is 5.91 Å². The lowest BCUT2D eigenvalue weighted by Gasteiger charge is -2.26. The Morgan fingerprint density at radius 3 is 1.05 bits per heavy atom. The van der Waals surface area contributed by atoms with E-state index in [-0.39, 0.29) is 19.1 Å². The number of likely N-dealkylation sites (N-methyl/N-ethyl adjacent to an activating group) is 1. The monoisotopic (exact) mass is 930 g/mol. The minimum Gasteiger partial charge on any atom is -0.391 e. The third-order valence-corrected chi connectivity index (χ3v) is 14.3. The van der Waals surface area contributed by atoms with Crippen LogP contribution >= 0.6 is 7.82 Å². The van der Waals surface area contributed by atoms with Crippen molar-refractivity contribution in [3.8, 4) is 0 Å². The summed E-state index contributed by atoms with van der Waals surface area (Å²) in [6, 6.07) is -0.753. The molecule has 0 radical (unpaired) electrons. The van der Waals surface area contributed by atoms with E-state index in [0.717, 1.165) is 38.5 Å². The van der Waals surface area contributed by atoms with Crippen molar-refractivity contribution in [2.45, 2.75) is 309 Å². The van der Waals surface area contributed by atoms with Gasteiger partial charge in [-0.05, 0) is 12.8 Å². The van der Waals surface area contributed by atoms with Gasteiger partial charge in [-0.2, -0.15) is 0 Å². The van der Waals surface area contributed by atoms with Crippen molar-refractivity contribution in [3.63, 3.8) is 0 Å². The minimum atomic E-state index is -4.31. The summed E-state index contributed by atoms with van der Waals surface area (Å²) < 4.78 is 23.7. The van der Waals surface area contributed by atoms with Crippen molar-refractivity contribution in [3.05, 3.63) is 0 Å². The van der Waals surface area contributed by atoms with Gasteiger partial charge in [-0.25, -0.2) is 4.57 Å². The van der Waals surface area contributed by atoms with E-state index in [2.05, 4.69) is 19.2 Å². The molecule has 0 aromatic rings. The predicted molar refractivity (Wildman–Crippen MR) is 277 cm³/mol. The number of phosphoric ester groups is 1. The fourth-order valence-electron chi connectivity index (χ4n) is 8.87. The Kier molecular flexibility index (Phi) is 47.2. The molecule has 0 aliphatic rings. The summed E-state index contributed by atoms with van der Waals surface area (Å²) in [5.41, 5.74) is 0. The fraction of sp³-hybridized carbons (Fsp3) is 0.982. The average molecular weight is 930 g/mol. The highest BCUT2D eigenvalue weighted by molar-refractivity contribution is 7.47. The van der Waals surface area contributed by atoms with Crippen LogP contribution < -0.4 is 5.32 Å². The van der Waals surface area contributed by atoms with Crippen molar-refractivity contribution >= 4 is 13.7 Å². The maximum Gasteiger partial charge on any atom is 0.472 e. The molecule has 0 spiro atoms. The molecule has 0 aromatic heterocycles. The van der Waals surface area contributed by atoms with Crippen LogP contribution in [0.1, 0.15) is 296 Å². The first-order valence-electron chi connectivity index (χ1n) is 28.4. The molecule has 0 fully saturated rings. The second-order valence-electron chi connectivity index (χ2n) is 21.0. The number of carbonyl (C=O) groups excluding carboxylic acids is 1. The predicted octanol–water partition coefficient (Wildman–Crippen LogP) is 16.9. The van der Waals surface area contributed by atoms with Gasteiger partial charge in [-0.15, -0.1) is 0 Å². The molecule has 0 aromatic carbocycles. The number of unbranched alkanes of at least 4 members (excludes halogenated alkanes) is 40. The molecule has 0 aliphatic heterocycles. The molecule has 0 rings (SSSR count). The Morgan fingerprint density at radius 2 is 0.750 bits per heavy atom. The number of hydrogen-bond donors (Lipinski definition) is 3. The van der Waals surface area contributed by atoms with Gasteiger partial charge in [-0.3, -0.25) is 13.8 Å². The van der Waals surface area contributed by atoms with E-state index < -0.39 is 20.0 Å². The largest absolute Gasteiger partial charge is 0.472 e. The molecular formula is C55H114N2O6P+. The number of aliphatic hydroxyl groups excluding tert-OH is 1. The third kappa shape index (κ3) is 49.4. The summed E-state index contributed by atoms with van der Waals surface area (Å²) in [6.07, 6.45) is 56.0. The van der Waals surface area contributed by atoms with E-state index in [1.807, 2.05) is 21.1 Å². The second-order valence-corrected chi connectivity index (χ2v) is 22.5. The molecule has 3 N–H and O–H groups in total. The van der Waals surface area contributed by atoms with Crippen molar-refractivity contribution in [1.29, 1.82) is 0 Å². The molecular weight excluding hydrogens is 816 g/mol. The van der Waals surface area contributed by atoms with E-state index in [0.29, 0.717) is 23.9 Å². The fourth-order valence-corrected chi connectivity index (χ4v) is 9.61. The summed E-state index contributed by atoms with van der Waals surface area (Å²) in [6.45, 7) is 4.92. The molecule has 8 nitrogen and oxygen atoms in total. The second kappa shape index (κ2) is 47.6. The zero-order chi connectivity index (χ0) is 47.1. The lowest BCUT2D eigenvalue weighted by molar-refractivity contribution is -0.870. The Bertz CT molecular complexity index is 1010. The smallest absolute Gasteiger partial charge is 0.391 e. The number of phosphoric acid groups is 1.